The summed E-state index contributed by atoms with van der Waals surface area (Å²) >= 11 is 0. The fourth-order valence-corrected chi connectivity index (χ4v) is 6.44. The second-order valence-corrected chi connectivity index (χ2v) is 14.5. The molecule has 0 aliphatic rings. The van der Waals surface area contributed by atoms with Gasteiger partial charge in [0, 0.05) is 107 Å². The lowest BCUT2D eigenvalue weighted by Gasteiger charge is -2.19. The Morgan fingerprint density at radius 1 is 0.742 bits per heavy atom. The van der Waals surface area contributed by atoms with Gasteiger partial charge in [0.25, 0.3) is 5.91 Å². The summed E-state index contributed by atoms with van der Waals surface area (Å²) in [5.74, 6) is -1.03. The van der Waals surface area contributed by atoms with Crippen molar-refractivity contribution in [1.82, 2.24) is 35.9 Å². The number of carbonyl (C=O) groups excluding carboxylic acids is 4. The number of nitrogens with zero attached hydrogens (tertiary/aromatic N) is 4. The summed E-state index contributed by atoms with van der Waals surface area (Å²) in [4.78, 5) is 70.0. The van der Waals surface area contributed by atoms with Crippen molar-refractivity contribution in [3.63, 3.8) is 0 Å². The summed E-state index contributed by atoms with van der Waals surface area (Å²) in [6.07, 6.45) is 31.6. The van der Waals surface area contributed by atoms with Crippen LogP contribution in [-0.2, 0) is 14.4 Å². The molecule has 0 spiro atoms. The fourth-order valence-electron chi connectivity index (χ4n) is 6.44. The van der Waals surface area contributed by atoms with E-state index in [0.717, 1.165) is 39.0 Å². The van der Waals surface area contributed by atoms with Gasteiger partial charge in [-0.1, -0.05) is 80.9 Å². The Balaban J connectivity index is 1.42. The lowest BCUT2D eigenvalue weighted by atomic mass is 9.65. The van der Waals surface area contributed by atoms with E-state index >= 15 is 0 Å². The number of allylic oxidation sites excluding steroid dienone is 11. The second-order valence-electron chi connectivity index (χ2n) is 14.5. The highest BCUT2D eigenvalue weighted by Gasteiger charge is 2.22. The number of carbonyl (C=O) groups is 4. The van der Waals surface area contributed by atoms with Crippen LogP contribution >= 0.6 is 0 Å². The third-order valence-corrected chi connectivity index (χ3v) is 9.83. The van der Waals surface area contributed by atoms with E-state index in [2.05, 4.69) is 55.1 Å². The zero-order valence-electron chi connectivity index (χ0n) is 36.2. The molecule has 3 N–H and O–H groups in total. The van der Waals surface area contributed by atoms with Gasteiger partial charge in [-0.3, -0.25) is 34.3 Å². The first-order valence-electron chi connectivity index (χ1n) is 20.9. The molecule has 4 rings (SSSR count). The van der Waals surface area contributed by atoms with Crippen LogP contribution in [0.2, 0.25) is 6.32 Å². The summed E-state index contributed by atoms with van der Waals surface area (Å²) in [6, 6.07) is 8.69. The van der Waals surface area contributed by atoms with Crippen LogP contribution in [0, 0.1) is 0 Å². The molecule has 4 heterocycles. The van der Waals surface area contributed by atoms with Crippen molar-refractivity contribution in [1.29, 1.82) is 0 Å². The highest BCUT2D eigenvalue weighted by molar-refractivity contribution is 6.77. The lowest BCUT2D eigenvalue weighted by molar-refractivity contribution is -0.123. The highest BCUT2D eigenvalue weighted by Crippen LogP contribution is 2.26. The number of hydrogen-bond acceptors (Lipinski definition) is 8. The standard InChI is InChI=1S/C50H56BN7O4/c1-7-11-17-36(9-3)40-25-41(30-53-29-40)38(16-8-2)24-37(10-4)47(59)51-20-13-12-19-46(50(62)57-23-15-22-56-48(60)35(5)6)58-49(61)45-27-44(33-55-34-45)43-26-42(31-54-32-43)39-18-14-21-52-28-39/h7-11,14,16-18,21,24-34,46,51H,1,5,12-13,15,19-20,22-23H2,2-4,6H3,(H,56,60)(H,57,62)(H,58,61)/b16-8+,17-11-,36-9+,37-10+,38-24+. The minimum absolute atomic E-state index is 0.0107. The lowest BCUT2D eigenvalue weighted by Crippen LogP contribution is -2.47. The van der Waals surface area contributed by atoms with E-state index in [4.69, 9.17) is 0 Å². The van der Waals surface area contributed by atoms with E-state index in [1.807, 2.05) is 87.7 Å². The van der Waals surface area contributed by atoms with Crippen LogP contribution in [0.25, 0.3) is 33.4 Å². The molecule has 62 heavy (non-hydrogen) atoms. The molecule has 0 saturated carbocycles. The SMILES string of the molecule is C=C/C=C\C(=C/C)c1cncc(C(/C=C/C)=C/C(=C\C)C(=O)BCCCCC(NC(=O)c2cncc(-c3cncc(-c4cccnc4)c3)c2)C(=O)NCCCNC(=O)C(=C)C)c1. The number of unbranched alkanes of at least 4 members (excludes halogenated alkanes) is 1. The first kappa shape index (κ1) is 47.6. The Morgan fingerprint density at radius 3 is 2.08 bits per heavy atom. The molecule has 318 valence electrons. The molecule has 0 radical (unpaired) electrons. The van der Waals surface area contributed by atoms with E-state index in [0.29, 0.717) is 74.6 Å². The molecule has 1 unspecified atom stereocenters. The molecule has 4 aromatic heterocycles. The van der Waals surface area contributed by atoms with Gasteiger partial charge in [-0.15, -0.1) is 0 Å². The van der Waals surface area contributed by atoms with Crippen LogP contribution < -0.4 is 16.0 Å². The Kier molecular flexibility index (Phi) is 19.6. The third-order valence-electron chi connectivity index (χ3n) is 9.83. The minimum atomic E-state index is -0.848. The first-order valence-corrected chi connectivity index (χ1v) is 20.9. The predicted molar refractivity (Wildman–Crippen MR) is 252 cm³/mol. The molecule has 4 aromatic rings. The van der Waals surface area contributed by atoms with E-state index in [-0.39, 0.29) is 17.5 Å². The average Bonchev–Trinajstić information content (AvgIpc) is 3.30. The van der Waals surface area contributed by atoms with Gasteiger partial charge in [0.2, 0.25) is 19.1 Å². The molecule has 0 saturated heterocycles. The average molecular weight is 830 g/mol. The summed E-state index contributed by atoms with van der Waals surface area (Å²) in [6.45, 7) is 15.4. The van der Waals surface area contributed by atoms with E-state index in [9.17, 15) is 19.2 Å². The molecule has 12 heteroatoms. The predicted octanol–water partition coefficient (Wildman–Crippen LogP) is 8.20. The summed E-state index contributed by atoms with van der Waals surface area (Å²) in [7, 11) is 0.321. The Bertz CT molecular complexity index is 2370. The first-order chi connectivity index (χ1) is 30.1. The van der Waals surface area contributed by atoms with Crippen LogP contribution in [0.4, 0.5) is 0 Å². The highest BCUT2D eigenvalue weighted by atomic mass is 16.2. The Morgan fingerprint density at radius 2 is 1.40 bits per heavy atom. The molecule has 0 aliphatic carbocycles. The molecular formula is C50H56BN7O4. The van der Waals surface area contributed by atoms with Crippen molar-refractivity contribution in [3.8, 4) is 22.3 Å². The second kappa shape index (κ2) is 25.5. The van der Waals surface area contributed by atoms with Gasteiger partial charge in [-0.05, 0) is 82.0 Å². The number of amides is 3. The van der Waals surface area contributed by atoms with Crippen molar-refractivity contribution in [2.45, 2.75) is 65.7 Å². The maximum absolute atomic E-state index is 13.7. The van der Waals surface area contributed by atoms with Gasteiger partial charge in [0.15, 0.2) is 0 Å². The molecule has 0 aliphatic heterocycles. The number of hydrogen-bond donors (Lipinski definition) is 3. The quantitative estimate of drug-likeness (QED) is 0.0293. The van der Waals surface area contributed by atoms with E-state index in [1.165, 1.54) is 6.20 Å². The van der Waals surface area contributed by atoms with E-state index in [1.54, 1.807) is 56.2 Å². The maximum atomic E-state index is 13.7. The van der Waals surface area contributed by atoms with Crippen molar-refractivity contribution in [2.75, 3.05) is 13.1 Å². The van der Waals surface area contributed by atoms with Gasteiger partial charge in [-0.25, -0.2) is 0 Å². The van der Waals surface area contributed by atoms with Crippen LogP contribution in [0.3, 0.4) is 0 Å². The molecule has 0 fully saturated rings. The van der Waals surface area contributed by atoms with Crippen molar-refractivity contribution >= 4 is 41.8 Å². The molecule has 3 amide bonds. The summed E-state index contributed by atoms with van der Waals surface area (Å²) < 4.78 is 0. The summed E-state index contributed by atoms with van der Waals surface area (Å²) in [5.41, 5.74) is 8.25. The number of aromatic nitrogens is 4. The fraction of sp³-hybridized carbons (Fsp3) is 0.240. The normalized spacial score (nSPS) is 12.5. The van der Waals surface area contributed by atoms with Gasteiger partial charge < -0.3 is 20.7 Å². The smallest absolute Gasteiger partial charge is 0.253 e. The maximum Gasteiger partial charge on any atom is 0.253 e. The Hall–Kier alpha value is -7.08. The van der Waals surface area contributed by atoms with Gasteiger partial charge in [0.05, 0.1) is 5.56 Å². The van der Waals surface area contributed by atoms with Crippen molar-refractivity contribution in [2.24, 2.45) is 0 Å². The topological polar surface area (TPSA) is 156 Å². The number of rotatable bonds is 23. The number of nitrogens with one attached hydrogen (secondary N) is 3. The third kappa shape index (κ3) is 14.9. The van der Waals surface area contributed by atoms with Gasteiger partial charge in [-0.2, -0.15) is 0 Å². The van der Waals surface area contributed by atoms with Crippen LogP contribution in [0.15, 0.2) is 153 Å². The van der Waals surface area contributed by atoms with Crippen LogP contribution in [-0.4, -0.2) is 69.8 Å². The molecule has 0 bridgehead atoms. The van der Waals surface area contributed by atoms with Crippen molar-refractivity contribution in [3.05, 3.63) is 170 Å². The largest absolute Gasteiger partial charge is 0.354 e. The van der Waals surface area contributed by atoms with E-state index < -0.39 is 11.9 Å². The van der Waals surface area contributed by atoms with Gasteiger partial charge in [0.1, 0.15) is 11.7 Å². The van der Waals surface area contributed by atoms with Gasteiger partial charge >= 0.3 is 0 Å². The van der Waals surface area contributed by atoms with Crippen LogP contribution in [0.1, 0.15) is 74.9 Å². The zero-order chi connectivity index (χ0) is 44.7. The molecule has 11 nitrogen and oxygen atoms in total. The minimum Gasteiger partial charge on any atom is -0.354 e. The molecule has 1 atom stereocenters. The molecule has 0 aromatic carbocycles. The summed E-state index contributed by atoms with van der Waals surface area (Å²) in [5, 5.41) is 8.58. The van der Waals surface area contributed by atoms with Crippen molar-refractivity contribution < 1.29 is 19.2 Å². The monoisotopic (exact) mass is 829 g/mol. The zero-order valence-corrected chi connectivity index (χ0v) is 36.2. The molecular weight excluding hydrogens is 773 g/mol. The Labute approximate surface area is 366 Å². The number of pyridine rings is 4. The van der Waals surface area contributed by atoms with Crippen LogP contribution in [0.5, 0.6) is 0 Å².